The monoisotopic (exact) mass is 178 g/mol. The van der Waals surface area contributed by atoms with Crippen LogP contribution >= 0.6 is 0 Å². The van der Waals surface area contributed by atoms with Crippen LogP contribution in [0.2, 0.25) is 0 Å². The maximum absolute atomic E-state index is 8.69. The van der Waals surface area contributed by atoms with Gasteiger partial charge in [0.1, 0.15) is 0 Å². The first kappa shape index (κ1) is 15.7. The number of halogens is 1. The molecule has 7 heavy (non-hydrogen) atoms. The third-order valence-corrected chi connectivity index (χ3v) is 0. The Kier molecular flexibility index (Phi) is 11.9. The molecule has 0 saturated heterocycles. The molecule has 0 aliphatic heterocycles. The van der Waals surface area contributed by atoms with Crippen LogP contribution < -0.4 is 42.0 Å². The molecule has 0 atom stereocenters. The molecule has 7 heteroatoms. The molecule has 0 fully saturated rings. The molecule has 0 amide bonds. The van der Waals surface area contributed by atoms with Crippen molar-refractivity contribution < 1.29 is 70.6 Å². The molecule has 4 nitrogen and oxygen atoms in total. The molecular formula is HClMnNaO4. The summed E-state index contributed by atoms with van der Waals surface area (Å²) in [6.07, 6.45) is 0. The normalized spacial score (nSPS) is 8.14. The van der Waals surface area contributed by atoms with Crippen LogP contribution in [-0.2, 0) is 24.5 Å². The SMILES string of the molecule is [Cl-].[Na+].[O]=[Mn](=[O])(=[O])[OH]. The van der Waals surface area contributed by atoms with E-state index in [9.17, 15) is 0 Å². The van der Waals surface area contributed by atoms with Crippen LogP contribution in [0.4, 0.5) is 0 Å². The van der Waals surface area contributed by atoms with Gasteiger partial charge in [0.25, 0.3) is 0 Å². The molecule has 0 aromatic heterocycles. The summed E-state index contributed by atoms with van der Waals surface area (Å²) in [6.45, 7) is 0. The number of hydrogen-bond donors (Lipinski definition) is 1. The minimum absolute atomic E-state index is 0. The molecule has 0 bridgehead atoms. The van der Waals surface area contributed by atoms with Crippen molar-refractivity contribution in [1.82, 2.24) is 0 Å². The fourth-order valence-corrected chi connectivity index (χ4v) is 0. The van der Waals surface area contributed by atoms with Gasteiger partial charge in [0.15, 0.2) is 0 Å². The molecule has 0 rings (SSSR count). The quantitative estimate of drug-likeness (QED) is 0.374. The Hall–Kier alpha value is 1.17. The van der Waals surface area contributed by atoms with E-state index in [1.54, 1.807) is 0 Å². The third kappa shape index (κ3) is 140. The molecule has 0 aliphatic rings. The van der Waals surface area contributed by atoms with Gasteiger partial charge in [0.2, 0.25) is 0 Å². The molecule has 1 N–H and O–H groups in total. The first-order valence-corrected chi connectivity index (χ1v) is 2.61. The van der Waals surface area contributed by atoms with E-state index in [0.29, 0.717) is 0 Å². The standard InChI is InChI=1S/ClH.Mn.Na.H2O.3O/h1H;;;1H2;;;/q;2*+1;;;;/p-2. The summed E-state index contributed by atoms with van der Waals surface area (Å²) in [6, 6.07) is 0. The first-order chi connectivity index (χ1) is 2.00. The Balaban J connectivity index is -0.0000000800. The van der Waals surface area contributed by atoms with E-state index in [1.165, 1.54) is 0 Å². The molecule has 0 spiro atoms. The molecule has 0 aliphatic carbocycles. The van der Waals surface area contributed by atoms with Gasteiger partial charge in [0.05, 0.1) is 0 Å². The fourth-order valence-electron chi connectivity index (χ4n) is 0. The minimum atomic E-state index is -5.38. The van der Waals surface area contributed by atoms with Crippen LogP contribution in [0.25, 0.3) is 0 Å². The van der Waals surface area contributed by atoms with Crippen molar-refractivity contribution in [2.24, 2.45) is 0 Å². The van der Waals surface area contributed by atoms with E-state index in [0.717, 1.165) is 0 Å². The Morgan fingerprint density at radius 1 is 1.14 bits per heavy atom. The van der Waals surface area contributed by atoms with Crippen molar-refractivity contribution in [3.8, 4) is 0 Å². The summed E-state index contributed by atoms with van der Waals surface area (Å²) in [5, 5.41) is 0. The molecule has 40 valence electrons. The zero-order valence-corrected chi connectivity index (χ0v) is 7.36. The second-order valence-corrected chi connectivity index (χ2v) is 1.63. The third-order valence-electron chi connectivity index (χ3n) is 0. The zero-order chi connectivity index (χ0) is 4.50. The summed E-state index contributed by atoms with van der Waals surface area (Å²) in [7, 11) is 0. The molecular weight excluding hydrogens is 177 g/mol. The summed E-state index contributed by atoms with van der Waals surface area (Å²) < 4.78 is 33.1. The average molecular weight is 178 g/mol. The van der Waals surface area contributed by atoms with Gasteiger partial charge in [-0.2, -0.15) is 0 Å². The van der Waals surface area contributed by atoms with Crippen LogP contribution in [0.15, 0.2) is 0 Å². The van der Waals surface area contributed by atoms with E-state index in [1.807, 2.05) is 0 Å². The zero-order valence-electron chi connectivity index (χ0n) is 3.43. The van der Waals surface area contributed by atoms with Crippen LogP contribution in [0.1, 0.15) is 0 Å². The van der Waals surface area contributed by atoms with Gasteiger partial charge < -0.3 is 12.4 Å². The first-order valence-electron chi connectivity index (χ1n) is 0.632. The van der Waals surface area contributed by atoms with Gasteiger partial charge in [-0.1, -0.05) is 0 Å². The van der Waals surface area contributed by atoms with Crippen LogP contribution in [0.5, 0.6) is 0 Å². The topological polar surface area (TPSA) is 71.4 Å². The summed E-state index contributed by atoms with van der Waals surface area (Å²) in [5.74, 6) is 0. The molecule has 0 heterocycles. The fraction of sp³-hybridized carbons (Fsp3) is 0. The van der Waals surface area contributed by atoms with E-state index in [-0.39, 0.29) is 42.0 Å². The van der Waals surface area contributed by atoms with E-state index in [4.69, 9.17) is 15.7 Å². The van der Waals surface area contributed by atoms with Gasteiger partial charge >= 0.3 is 58.2 Å². The van der Waals surface area contributed by atoms with Gasteiger partial charge in [-0.15, -0.1) is 0 Å². The van der Waals surface area contributed by atoms with E-state index >= 15 is 0 Å². The van der Waals surface area contributed by atoms with Gasteiger partial charge in [-0.05, 0) is 0 Å². The van der Waals surface area contributed by atoms with E-state index in [2.05, 4.69) is 0 Å². The average Bonchev–Trinajstić information content (AvgIpc) is 0.722. The van der Waals surface area contributed by atoms with Crippen LogP contribution in [-0.4, -0.2) is 4.19 Å². The van der Waals surface area contributed by atoms with Gasteiger partial charge in [-0.3, -0.25) is 0 Å². The summed E-state index contributed by atoms with van der Waals surface area (Å²) in [4.78, 5) is 0. The Bertz CT molecular complexity index is 133. The van der Waals surface area contributed by atoms with Crippen LogP contribution in [0, 0.1) is 0 Å². The number of hydrogen-bond acceptors (Lipinski definition) is 3. The molecule has 0 radical (unpaired) electrons. The van der Waals surface area contributed by atoms with Crippen molar-refractivity contribution in [3.63, 3.8) is 0 Å². The van der Waals surface area contributed by atoms with Crippen molar-refractivity contribution in [2.45, 2.75) is 0 Å². The van der Waals surface area contributed by atoms with Crippen molar-refractivity contribution >= 4 is 0 Å². The molecule has 0 aromatic carbocycles. The maximum atomic E-state index is 8.69. The molecule has 0 aromatic rings. The van der Waals surface area contributed by atoms with Crippen molar-refractivity contribution in [3.05, 3.63) is 0 Å². The second-order valence-electron chi connectivity index (χ2n) is 0.396. The molecule has 0 saturated carbocycles. The predicted molar refractivity (Wildman–Crippen MR) is 4.28 cm³/mol. The summed E-state index contributed by atoms with van der Waals surface area (Å²) in [5.41, 5.74) is 0. The second kappa shape index (κ2) is 5.31. The predicted octanol–water partition coefficient (Wildman–Crippen LogP) is -6.91. The number of rotatable bonds is 0. The van der Waals surface area contributed by atoms with Gasteiger partial charge in [-0.25, -0.2) is 0 Å². The van der Waals surface area contributed by atoms with Gasteiger partial charge in [0, 0.05) is 0 Å². The van der Waals surface area contributed by atoms with Crippen molar-refractivity contribution in [1.29, 1.82) is 0 Å². The Morgan fingerprint density at radius 2 is 1.14 bits per heavy atom. The van der Waals surface area contributed by atoms with E-state index < -0.39 is 13.0 Å². The Labute approximate surface area is 70.1 Å². The van der Waals surface area contributed by atoms with Crippen LogP contribution in [0.3, 0.4) is 0 Å². The summed E-state index contributed by atoms with van der Waals surface area (Å²) >= 11 is -5.38. The van der Waals surface area contributed by atoms with Crippen molar-refractivity contribution in [2.75, 3.05) is 0 Å². The molecule has 0 unspecified atom stereocenters. The Morgan fingerprint density at radius 3 is 1.14 bits per heavy atom.